The highest BCUT2D eigenvalue weighted by Gasteiger charge is 2.53. The predicted octanol–water partition coefficient (Wildman–Crippen LogP) is 4.68. The number of nitrogens with one attached hydrogen (secondary N) is 1. The Balaban J connectivity index is 1.45. The molecule has 2 fully saturated rings. The lowest BCUT2D eigenvalue weighted by molar-refractivity contribution is -0.118. The number of rotatable bonds is 7. The highest BCUT2D eigenvalue weighted by atomic mass is 35.5. The summed E-state index contributed by atoms with van der Waals surface area (Å²) >= 11 is 6.07. The average molecular weight is 583 g/mol. The zero-order valence-electron chi connectivity index (χ0n) is 21.7. The first-order valence-corrected chi connectivity index (χ1v) is 13.1. The van der Waals surface area contributed by atoms with Crippen LogP contribution in [0.5, 0.6) is 0 Å². The standard InChI is InChI=1S/C27H22ClF3N8O2/c1-12-17(8-34-27(35-12)38-10-14-7-16(14)26(38)41)23(21-15(24(30)31)3-4-18(28)22(21)29)39-11-20(13(2)37-39)36-25(40)19-9-32-5-6-33-19/h3-6,8-9,11,14,16,23-24H,7,10H2,1-2H3,(H,36,40)/t14-,16-,23?/m0/s1. The molecule has 3 aromatic heterocycles. The number of nitrogens with zero attached hydrogens (tertiary/aromatic N) is 7. The summed E-state index contributed by atoms with van der Waals surface area (Å²) in [4.78, 5) is 43.5. The molecule has 4 aromatic rings. The number of anilines is 2. The molecule has 1 aromatic carbocycles. The Morgan fingerprint density at radius 3 is 2.59 bits per heavy atom. The van der Waals surface area contributed by atoms with Gasteiger partial charge in [0.2, 0.25) is 11.9 Å². The normalized spacial score (nSPS) is 18.5. The first kappa shape index (κ1) is 26.8. The van der Waals surface area contributed by atoms with Crippen molar-refractivity contribution in [2.24, 2.45) is 11.8 Å². The van der Waals surface area contributed by atoms with Gasteiger partial charge in [-0.15, -0.1) is 0 Å². The molecule has 1 aliphatic heterocycles. The number of carbonyl (C=O) groups is 2. The lowest BCUT2D eigenvalue weighted by Crippen LogP contribution is -2.30. The molecule has 1 saturated carbocycles. The number of amides is 2. The van der Waals surface area contributed by atoms with Crippen molar-refractivity contribution in [3.63, 3.8) is 0 Å². The van der Waals surface area contributed by atoms with E-state index in [2.05, 4.69) is 30.4 Å². The molecule has 1 aliphatic carbocycles. The number of aromatic nitrogens is 6. The molecule has 2 amide bonds. The van der Waals surface area contributed by atoms with Crippen molar-refractivity contribution in [3.05, 3.63) is 87.7 Å². The van der Waals surface area contributed by atoms with E-state index in [9.17, 15) is 18.4 Å². The molecule has 41 heavy (non-hydrogen) atoms. The van der Waals surface area contributed by atoms with Gasteiger partial charge in [-0.05, 0) is 32.3 Å². The Morgan fingerprint density at radius 2 is 1.93 bits per heavy atom. The van der Waals surface area contributed by atoms with Crippen molar-refractivity contribution in [3.8, 4) is 0 Å². The van der Waals surface area contributed by atoms with Crippen molar-refractivity contribution in [2.75, 3.05) is 16.8 Å². The van der Waals surface area contributed by atoms with Crippen LogP contribution in [-0.4, -0.2) is 48.1 Å². The fraction of sp³-hybridized carbons (Fsp3) is 0.296. The Labute approximate surface area is 236 Å². The summed E-state index contributed by atoms with van der Waals surface area (Å²) in [7, 11) is 0. The van der Waals surface area contributed by atoms with Crippen LogP contribution in [0, 0.1) is 31.5 Å². The van der Waals surface area contributed by atoms with Crippen LogP contribution in [0.25, 0.3) is 0 Å². The van der Waals surface area contributed by atoms with Gasteiger partial charge in [-0.3, -0.25) is 24.2 Å². The Bertz CT molecular complexity index is 1680. The van der Waals surface area contributed by atoms with Gasteiger partial charge in [0.05, 0.1) is 22.6 Å². The molecule has 6 rings (SSSR count). The SMILES string of the molecule is Cc1nn(C(c2cnc(N3C[C@@H]4C[C@@H]4C3=O)nc2C)c2c(C(F)F)ccc(Cl)c2F)cc1NC(=O)c1cnccn1. The third-order valence-electron chi connectivity index (χ3n) is 7.36. The molecule has 3 atom stereocenters. The second-order valence-corrected chi connectivity index (χ2v) is 10.4. The summed E-state index contributed by atoms with van der Waals surface area (Å²) in [6.45, 7) is 3.72. The van der Waals surface area contributed by atoms with Gasteiger partial charge < -0.3 is 5.32 Å². The molecule has 0 spiro atoms. The largest absolute Gasteiger partial charge is 0.318 e. The predicted molar refractivity (Wildman–Crippen MR) is 141 cm³/mol. The van der Waals surface area contributed by atoms with Crippen LogP contribution in [0.1, 0.15) is 57.5 Å². The summed E-state index contributed by atoms with van der Waals surface area (Å²) in [6.07, 6.45) is 4.65. The minimum absolute atomic E-state index is 0.0111. The summed E-state index contributed by atoms with van der Waals surface area (Å²) in [6, 6.07) is 0.831. The Morgan fingerprint density at radius 1 is 1.12 bits per heavy atom. The van der Waals surface area contributed by atoms with Crippen LogP contribution in [0.3, 0.4) is 0 Å². The molecular formula is C27H22ClF3N8O2. The van der Waals surface area contributed by atoms with Crippen molar-refractivity contribution in [1.29, 1.82) is 0 Å². The van der Waals surface area contributed by atoms with E-state index in [0.717, 1.165) is 18.6 Å². The number of fused-ring (bicyclic) bond motifs is 1. The molecule has 14 heteroatoms. The van der Waals surface area contributed by atoms with E-state index in [4.69, 9.17) is 11.6 Å². The molecule has 0 radical (unpaired) electrons. The lowest BCUT2D eigenvalue weighted by atomic mass is 9.94. The number of halogens is 4. The van der Waals surface area contributed by atoms with Gasteiger partial charge in [0, 0.05) is 59.6 Å². The number of aryl methyl sites for hydroxylation is 2. The van der Waals surface area contributed by atoms with Gasteiger partial charge in [-0.1, -0.05) is 17.7 Å². The molecule has 1 N–H and O–H groups in total. The smallest absolute Gasteiger partial charge is 0.275 e. The van der Waals surface area contributed by atoms with Gasteiger partial charge in [-0.25, -0.2) is 28.1 Å². The Hall–Kier alpha value is -4.39. The quantitative estimate of drug-likeness (QED) is 0.336. The number of piperidine rings is 1. The number of alkyl halides is 2. The summed E-state index contributed by atoms with van der Waals surface area (Å²) in [5.41, 5.74) is 0.183. The maximum Gasteiger partial charge on any atom is 0.275 e. The zero-order chi connectivity index (χ0) is 29.0. The van der Waals surface area contributed by atoms with Gasteiger partial charge in [0.15, 0.2) is 0 Å². The Kier molecular flexibility index (Phi) is 6.68. The van der Waals surface area contributed by atoms with E-state index < -0.39 is 35.3 Å². The fourth-order valence-corrected chi connectivity index (χ4v) is 5.30. The van der Waals surface area contributed by atoms with Gasteiger partial charge in [-0.2, -0.15) is 5.10 Å². The number of hydrogen-bond acceptors (Lipinski definition) is 7. The topological polar surface area (TPSA) is 119 Å². The number of hydrogen-bond donors (Lipinski definition) is 1. The molecule has 2 aliphatic rings. The second kappa shape index (κ2) is 10.2. The zero-order valence-corrected chi connectivity index (χ0v) is 22.5. The van der Waals surface area contributed by atoms with Crippen LogP contribution >= 0.6 is 11.6 Å². The van der Waals surface area contributed by atoms with Gasteiger partial charge in [0.25, 0.3) is 12.3 Å². The van der Waals surface area contributed by atoms with Crippen LogP contribution in [0.2, 0.25) is 5.02 Å². The van der Waals surface area contributed by atoms with E-state index in [-0.39, 0.29) is 45.7 Å². The fourth-order valence-electron chi connectivity index (χ4n) is 5.14. The van der Waals surface area contributed by atoms with Crippen LogP contribution in [0.4, 0.5) is 24.8 Å². The highest BCUT2D eigenvalue weighted by Crippen LogP contribution is 2.47. The van der Waals surface area contributed by atoms with Crippen molar-refractivity contribution >= 4 is 35.1 Å². The minimum Gasteiger partial charge on any atom is -0.318 e. The maximum atomic E-state index is 15.7. The van der Waals surface area contributed by atoms with Crippen LogP contribution < -0.4 is 10.2 Å². The molecule has 0 bridgehead atoms. The highest BCUT2D eigenvalue weighted by molar-refractivity contribution is 6.30. The summed E-state index contributed by atoms with van der Waals surface area (Å²) in [5.74, 6) is -1.21. The first-order chi connectivity index (χ1) is 19.6. The van der Waals surface area contributed by atoms with E-state index in [1.165, 1.54) is 40.6 Å². The molecular weight excluding hydrogens is 561 g/mol. The third kappa shape index (κ3) is 4.79. The van der Waals surface area contributed by atoms with Crippen LogP contribution in [-0.2, 0) is 4.79 Å². The average Bonchev–Trinajstić information content (AvgIpc) is 3.54. The maximum absolute atomic E-state index is 15.7. The second-order valence-electron chi connectivity index (χ2n) is 9.98. The monoisotopic (exact) mass is 582 g/mol. The van der Waals surface area contributed by atoms with Crippen molar-refractivity contribution in [2.45, 2.75) is 32.7 Å². The number of benzene rings is 1. The molecule has 210 valence electrons. The first-order valence-electron chi connectivity index (χ1n) is 12.7. The van der Waals surface area contributed by atoms with Crippen molar-refractivity contribution < 1.29 is 22.8 Å². The molecule has 4 heterocycles. The molecule has 10 nitrogen and oxygen atoms in total. The van der Waals surface area contributed by atoms with Gasteiger partial charge >= 0.3 is 0 Å². The molecule has 1 saturated heterocycles. The minimum atomic E-state index is -3.04. The van der Waals surface area contributed by atoms with Crippen molar-refractivity contribution in [1.82, 2.24) is 29.7 Å². The van der Waals surface area contributed by atoms with E-state index in [1.54, 1.807) is 13.8 Å². The van der Waals surface area contributed by atoms with E-state index in [0.29, 0.717) is 17.9 Å². The summed E-state index contributed by atoms with van der Waals surface area (Å²) in [5, 5.41) is 6.76. The molecule has 1 unspecified atom stereocenters. The van der Waals surface area contributed by atoms with E-state index in [1.807, 2.05) is 0 Å². The third-order valence-corrected chi connectivity index (χ3v) is 7.66. The van der Waals surface area contributed by atoms with E-state index >= 15 is 4.39 Å². The summed E-state index contributed by atoms with van der Waals surface area (Å²) < 4.78 is 45.4. The van der Waals surface area contributed by atoms with Crippen LogP contribution in [0.15, 0.2) is 43.1 Å². The van der Waals surface area contributed by atoms with Gasteiger partial charge in [0.1, 0.15) is 17.6 Å². The number of carbonyl (C=O) groups excluding carboxylic acids is 2. The lowest BCUT2D eigenvalue weighted by Gasteiger charge is -2.24.